The smallest absolute Gasteiger partial charge is 0.178 e. The Morgan fingerprint density at radius 3 is 2.65 bits per heavy atom. The highest BCUT2D eigenvalue weighted by molar-refractivity contribution is 6.14. The average molecular weight is 222 g/mol. The van der Waals surface area contributed by atoms with Crippen molar-refractivity contribution >= 4 is 11.4 Å². The quantitative estimate of drug-likeness (QED) is 0.804. The Kier molecular flexibility index (Phi) is 2.38. The van der Waals surface area contributed by atoms with Gasteiger partial charge in [0.25, 0.3) is 0 Å². The third-order valence-corrected chi connectivity index (χ3v) is 2.48. The largest absolute Gasteiger partial charge is 0.360 e. The summed E-state index contributed by atoms with van der Waals surface area (Å²) in [6, 6.07) is 9.76. The molecule has 0 fully saturated rings. The van der Waals surface area contributed by atoms with Crippen molar-refractivity contribution in [1.82, 2.24) is 9.97 Å². The van der Waals surface area contributed by atoms with E-state index in [0.29, 0.717) is 5.82 Å². The lowest BCUT2D eigenvalue weighted by molar-refractivity contribution is 1.13. The molecule has 0 radical (unpaired) electrons. The number of rotatable bonds is 1. The van der Waals surface area contributed by atoms with E-state index in [0.717, 1.165) is 17.0 Å². The summed E-state index contributed by atoms with van der Waals surface area (Å²) >= 11 is 0. The Morgan fingerprint density at radius 2 is 1.76 bits per heavy atom. The summed E-state index contributed by atoms with van der Waals surface area (Å²) in [6.45, 7) is 0. The number of aromatic nitrogens is 2. The van der Waals surface area contributed by atoms with Crippen molar-refractivity contribution in [2.75, 3.05) is 5.32 Å². The van der Waals surface area contributed by atoms with E-state index in [-0.39, 0.29) is 0 Å². The van der Waals surface area contributed by atoms with Crippen LogP contribution in [0, 0.1) is 0 Å². The van der Waals surface area contributed by atoms with Crippen LogP contribution in [0.5, 0.6) is 0 Å². The third kappa shape index (κ3) is 1.80. The molecule has 1 aromatic carbocycles. The van der Waals surface area contributed by atoms with Crippen LogP contribution in [-0.2, 0) is 0 Å². The van der Waals surface area contributed by atoms with Crippen LogP contribution in [0.25, 0.3) is 0 Å². The van der Waals surface area contributed by atoms with Gasteiger partial charge in [-0.2, -0.15) is 0 Å². The van der Waals surface area contributed by atoms with Crippen LogP contribution in [0.1, 0.15) is 11.4 Å². The van der Waals surface area contributed by atoms with Gasteiger partial charge < -0.3 is 5.32 Å². The number of anilines is 1. The van der Waals surface area contributed by atoms with Gasteiger partial charge in [-0.05, 0) is 12.1 Å². The van der Waals surface area contributed by atoms with Crippen molar-refractivity contribution in [1.29, 1.82) is 0 Å². The second kappa shape index (κ2) is 4.17. The van der Waals surface area contributed by atoms with Crippen LogP contribution in [-0.4, -0.2) is 15.7 Å². The molecule has 0 bridgehead atoms. The molecule has 0 amide bonds. The van der Waals surface area contributed by atoms with Crippen LogP contribution in [0.15, 0.2) is 60.1 Å². The highest BCUT2D eigenvalue weighted by atomic mass is 14.9. The Morgan fingerprint density at radius 1 is 0.941 bits per heavy atom. The molecule has 0 unspecified atom stereocenters. The average Bonchev–Trinajstić information content (AvgIpc) is 2.62. The SMILES string of the molecule is C1=CNc2ccccc2C(c2ncccn2)=N1. The van der Waals surface area contributed by atoms with Crippen molar-refractivity contribution < 1.29 is 0 Å². The number of aliphatic imine (C=N–C) groups is 1. The van der Waals surface area contributed by atoms with Gasteiger partial charge in [-0.25, -0.2) is 9.97 Å². The number of nitrogens with one attached hydrogen (secondary N) is 1. The van der Waals surface area contributed by atoms with Crippen molar-refractivity contribution in [2.24, 2.45) is 4.99 Å². The zero-order chi connectivity index (χ0) is 11.5. The molecule has 1 aromatic heterocycles. The molecule has 0 atom stereocenters. The number of nitrogens with zero attached hydrogens (tertiary/aromatic N) is 3. The molecule has 2 aromatic rings. The lowest BCUT2D eigenvalue weighted by Gasteiger charge is -2.07. The lowest BCUT2D eigenvalue weighted by Crippen LogP contribution is -2.08. The molecule has 3 rings (SSSR count). The Hall–Kier alpha value is -2.49. The fourth-order valence-electron chi connectivity index (χ4n) is 1.72. The molecule has 0 saturated heterocycles. The van der Waals surface area contributed by atoms with E-state index in [1.54, 1.807) is 30.9 Å². The molecule has 1 aliphatic heterocycles. The van der Waals surface area contributed by atoms with E-state index in [1.165, 1.54) is 0 Å². The number of fused-ring (bicyclic) bond motifs is 1. The van der Waals surface area contributed by atoms with E-state index in [4.69, 9.17) is 0 Å². The molecule has 4 nitrogen and oxygen atoms in total. The van der Waals surface area contributed by atoms with E-state index in [2.05, 4.69) is 20.3 Å². The summed E-state index contributed by atoms with van der Waals surface area (Å²) in [5.41, 5.74) is 2.79. The van der Waals surface area contributed by atoms with E-state index in [9.17, 15) is 0 Å². The molecule has 0 saturated carbocycles. The number of benzene rings is 1. The van der Waals surface area contributed by atoms with Crippen molar-refractivity contribution in [3.05, 3.63) is 66.5 Å². The van der Waals surface area contributed by atoms with Crippen LogP contribution in [0.4, 0.5) is 5.69 Å². The van der Waals surface area contributed by atoms with Gasteiger partial charge in [-0.15, -0.1) is 0 Å². The minimum absolute atomic E-state index is 0.633. The fraction of sp³-hybridized carbons (Fsp3) is 0. The van der Waals surface area contributed by atoms with Crippen molar-refractivity contribution in [2.45, 2.75) is 0 Å². The highest BCUT2D eigenvalue weighted by Gasteiger charge is 2.13. The van der Waals surface area contributed by atoms with Crippen LogP contribution in [0.2, 0.25) is 0 Å². The Balaban J connectivity index is 2.18. The van der Waals surface area contributed by atoms with Crippen LogP contribution in [0.3, 0.4) is 0 Å². The minimum Gasteiger partial charge on any atom is -0.360 e. The predicted molar refractivity (Wildman–Crippen MR) is 66.9 cm³/mol. The zero-order valence-corrected chi connectivity index (χ0v) is 9.04. The van der Waals surface area contributed by atoms with E-state index in [1.807, 2.05) is 24.3 Å². The van der Waals surface area contributed by atoms with Crippen molar-refractivity contribution in [3.63, 3.8) is 0 Å². The predicted octanol–water partition coefficient (Wildman–Crippen LogP) is 2.21. The first kappa shape index (κ1) is 9.72. The highest BCUT2D eigenvalue weighted by Crippen LogP contribution is 2.20. The molecule has 2 heterocycles. The van der Waals surface area contributed by atoms with Crippen LogP contribution < -0.4 is 5.32 Å². The van der Waals surface area contributed by atoms with Crippen molar-refractivity contribution in [3.8, 4) is 0 Å². The molecule has 1 N–H and O–H groups in total. The first-order valence-electron chi connectivity index (χ1n) is 5.31. The first-order chi connectivity index (χ1) is 8.45. The number of hydrogen-bond acceptors (Lipinski definition) is 4. The number of hydrogen-bond donors (Lipinski definition) is 1. The second-order valence-corrected chi connectivity index (χ2v) is 3.56. The molecule has 82 valence electrons. The fourth-order valence-corrected chi connectivity index (χ4v) is 1.72. The van der Waals surface area contributed by atoms with Gasteiger partial charge >= 0.3 is 0 Å². The maximum absolute atomic E-state index is 4.38. The summed E-state index contributed by atoms with van der Waals surface area (Å²) in [5.74, 6) is 0.633. The lowest BCUT2D eigenvalue weighted by atomic mass is 10.1. The topological polar surface area (TPSA) is 50.2 Å². The summed E-state index contributed by atoms with van der Waals surface area (Å²) in [4.78, 5) is 12.9. The van der Waals surface area contributed by atoms with Crippen LogP contribution >= 0.6 is 0 Å². The van der Waals surface area contributed by atoms with Gasteiger partial charge in [0, 0.05) is 36.0 Å². The van der Waals surface area contributed by atoms with E-state index < -0.39 is 0 Å². The monoisotopic (exact) mass is 222 g/mol. The summed E-state index contributed by atoms with van der Waals surface area (Å²) in [6.07, 6.45) is 6.95. The van der Waals surface area contributed by atoms with Gasteiger partial charge in [-0.3, -0.25) is 4.99 Å². The van der Waals surface area contributed by atoms with Gasteiger partial charge in [0.15, 0.2) is 5.82 Å². The number of para-hydroxylation sites is 1. The third-order valence-electron chi connectivity index (χ3n) is 2.48. The molecule has 0 spiro atoms. The zero-order valence-electron chi connectivity index (χ0n) is 9.04. The molecular formula is C13H10N4. The minimum atomic E-state index is 0.633. The van der Waals surface area contributed by atoms with Gasteiger partial charge in [0.2, 0.25) is 0 Å². The molecule has 4 heteroatoms. The first-order valence-corrected chi connectivity index (χ1v) is 5.31. The Bertz CT molecular complexity index is 587. The second-order valence-electron chi connectivity index (χ2n) is 3.56. The Labute approximate surface area is 98.8 Å². The standard InChI is InChI=1S/C13H10N4/c1-2-5-11-10(4-1)12(15-9-8-14-11)13-16-6-3-7-17-13/h1-9,14H. The molecular weight excluding hydrogens is 212 g/mol. The summed E-state index contributed by atoms with van der Waals surface area (Å²) in [5, 5.41) is 3.17. The van der Waals surface area contributed by atoms with Gasteiger partial charge in [0.05, 0.1) is 0 Å². The molecule has 0 aliphatic carbocycles. The maximum Gasteiger partial charge on any atom is 0.178 e. The van der Waals surface area contributed by atoms with Gasteiger partial charge in [-0.1, -0.05) is 18.2 Å². The van der Waals surface area contributed by atoms with Gasteiger partial charge in [0.1, 0.15) is 5.71 Å². The maximum atomic E-state index is 4.38. The molecule has 17 heavy (non-hydrogen) atoms. The normalized spacial score (nSPS) is 13.3. The summed E-state index contributed by atoms with van der Waals surface area (Å²) in [7, 11) is 0. The summed E-state index contributed by atoms with van der Waals surface area (Å²) < 4.78 is 0. The molecule has 1 aliphatic rings. The van der Waals surface area contributed by atoms with E-state index >= 15 is 0 Å².